The average molecular weight is 491 g/mol. The summed E-state index contributed by atoms with van der Waals surface area (Å²) in [6.07, 6.45) is 7.11. The normalized spacial score (nSPS) is 13.9. The summed E-state index contributed by atoms with van der Waals surface area (Å²) in [5.41, 5.74) is 4.25. The van der Waals surface area contributed by atoms with Crippen molar-refractivity contribution in [2.75, 3.05) is 6.54 Å². The molecule has 2 amide bonds. The first-order chi connectivity index (χ1) is 17.2. The Kier molecular flexibility index (Phi) is 11.8. The van der Waals surface area contributed by atoms with Gasteiger partial charge in [-0.05, 0) is 55.5 Å². The number of amides is 2. The number of nitrogens with one attached hydrogen (secondary N) is 2. The molecule has 0 aliphatic heterocycles. The van der Waals surface area contributed by atoms with E-state index in [1.54, 1.807) is 6.08 Å². The van der Waals surface area contributed by atoms with Crippen molar-refractivity contribution in [3.05, 3.63) is 89.0 Å². The second-order valence-electron chi connectivity index (χ2n) is 9.26. The Labute approximate surface area is 214 Å². The van der Waals surface area contributed by atoms with Gasteiger partial charge in [-0.25, -0.2) is 0 Å². The highest BCUT2D eigenvalue weighted by atomic mass is 16.3. The van der Waals surface area contributed by atoms with Crippen LogP contribution in [0, 0.1) is 19.8 Å². The molecule has 0 radical (unpaired) electrons. The Bertz CT molecular complexity index is 1080. The highest BCUT2D eigenvalue weighted by Gasteiger charge is 2.21. The Balaban J connectivity index is 1.96. The summed E-state index contributed by atoms with van der Waals surface area (Å²) >= 11 is 0. The van der Waals surface area contributed by atoms with Gasteiger partial charge < -0.3 is 15.7 Å². The predicted octanol–water partition coefficient (Wildman–Crippen LogP) is 4.08. The number of rotatable bonds is 13. The SMILES string of the molecule is CC(=O)CCNC(=O)[C@@H](Cc1ccc(C)c(C)c1)NC(=O)/C=C/C[C@H](O)[C@H](C)/C=C/c1ccccc1. The van der Waals surface area contributed by atoms with E-state index in [1.807, 2.05) is 81.5 Å². The van der Waals surface area contributed by atoms with Crippen molar-refractivity contribution >= 4 is 23.7 Å². The van der Waals surface area contributed by atoms with Gasteiger partial charge in [0.25, 0.3) is 0 Å². The van der Waals surface area contributed by atoms with E-state index in [4.69, 9.17) is 0 Å². The van der Waals surface area contributed by atoms with E-state index in [0.717, 1.165) is 22.3 Å². The van der Waals surface area contributed by atoms with Gasteiger partial charge in [0.05, 0.1) is 6.10 Å². The Hall–Kier alpha value is -3.51. The maximum Gasteiger partial charge on any atom is 0.244 e. The zero-order valence-electron chi connectivity index (χ0n) is 21.7. The number of aliphatic hydroxyl groups excluding tert-OH is 1. The molecule has 0 aliphatic rings. The minimum atomic E-state index is -0.783. The molecule has 0 fully saturated rings. The highest BCUT2D eigenvalue weighted by Crippen LogP contribution is 2.13. The fourth-order valence-corrected chi connectivity index (χ4v) is 3.56. The molecule has 0 aromatic heterocycles. The van der Waals surface area contributed by atoms with Gasteiger partial charge in [-0.1, -0.05) is 73.7 Å². The van der Waals surface area contributed by atoms with E-state index in [9.17, 15) is 19.5 Å². The number of benzene rings is 2. The molecule has 2 aromatic carbocycles. The van der Waals surface area contributed by atoms with Crippen molar-refractivity contribution in [1.82, 2.24) is 10.6 Å². The van der Waals surface area contributed by atoms with Gasteiger partial charge in [-0.15, -0.1) is 0 Å². The molecule has 0 unspecified atom stereocenters. The largest absolute Gasteiger partial charge is 0.392 e. The van der Waals surface area contributed by atoms with Gasteiger partial charge >= 0.3 is 0 Å². The van der Waals surface area contributed by atoms with Gasteiger partial charge in [-0.3, -0.25) is 14.4 Å². The third-order valence-corrected chi connectivity index (χ3v) is 6.07. The number of carbonyl (C=O) groups excluding carboxylic acids is 3. The molecule has 3 atom stereocenters. The molecule has 192 valence electrons. The lowest BCUT2D eigenvalue weighted by molar-refractivity contribution is -0.127. The second-order valence-corrected chi connectivity index (χ2v) is 9.26. The Morgan fingerprint density at radius 3 is 2.42 bits per heavy atom. The third kappa shape index (κ3) is 10.4. The van der Waals surface area contributed by atoms with Crippen LogP contribution in [0.4, 0.5) is 0 Å². The third-order valence-electron chi connectivity index (χ3n) is 6.07. The molecule has 0 saturated carbocycles. The van der Waals surface area contributed by atoms with Crippen LogP contribution >= 0.6 is 0 Å². The molecule has 0 spiro atoms. The van der Waals surface area contributed by atoms with Crippen LogP contribution in [0.15, 0.2) is 66.8 Å². The van der Waals surface area contributed by atoms with Gasteiger partial charge in [0.2, 0.25) is 11.8 Å². The van der Waals surface area contributed by atoms with Gasteiger partial charge in [0, 0.05) is 25.3 Å². The fraction of sp³-hybridized carbons (Fsp3) is 0.367. The monoisotopic (exact) mass is 490 g/mol. The van der Waals surface area contributed by atoms with E-state index in [-0.39, 0.29) is 30.6 Å². The fourth-order valence-electron chi connectivity index (χ4n) is 3.56. The molecule has 2 rings (SSSR count). The van der Waals surface area contributed by atoms with Crippen molar-refractivity contribution in [3.63, 3.8) is 0 Å². The molecule has 0 bridgehead atoms. The minimum Gasteiger partial charge on any atom is -0.392 e. The lowest BCUT2D eigenvalue weighted by atomic mass is 9.99. The number of ketones is 1. The first kappa shape index (κ1) is 28.7. The molecule has 2 aromatic rings. The van der Waals surface area contributed by atoms with E-state index < -0.39 is 18.1 Å². The molecule has 0 aliphatic carbocycles. The molecule has 6 heteroatoms. The number of aryl methyl sites for hydroxylation is 2. The van der Waals surface area contributed by atoms with Crippen LogP contribution in [0.1, 0.15) is 48.9 Å². The van der Waals surface area contributed by atoms with Crippen LogP contribution in [0.5, 0.6) is 0 Å². The van der Waals surface area contributed by atoms with Crippen molar-refractivity contribution in [2.45, 2.75) is 59.1 Å². The van der Waals surface area contributed by atoms with Crippen LogP contribution in [0.3, 0.4) is 0 Å². The molecular weight excluding hydrogens is 452 g/mol. The molecular formula is C30H38N2O4. The zero-order chi connectivity index (χ0) is 26.5. The van der Waals surface area contributed by atoms with Crippen LogP contribution in [-0.2, 0) is 20.8 Å². The predicted molar refractivity (Wildman–Crippen MR) is 144 cm³/mol. The van der Waals surface area contributed by atoms with Gasteiger partial charge in [0.1, 0.15) is 11.8 Å². The molecule has 0 heterocycles. The van der Waals surface area contributed by atoms with Crippen LogP contribution in [0.2, 0.25) is 0 Å². The Morgan fingerprint density at radius 1 is 1.03 bits per heavy atom. The van der Waals surface area contributed by atoms with Gasteiger partial charge in [-0.2, -0.15) is 0 Å². The maximum absolute atomic E-state index is 12.8. The highest BCUT2D eigenvalue weighted by molar-refractivity contribution is 5.93. The lowest BCUT2D eigenvalue weighted by Crippen LogP contribution is -2.48. The summed E-state index contributed by atoms with van der Waals surface area (Å²) in [6.45, 7) is 7.64. The first-order valence-corrected chi connectivity index (χ1v) is 12.4. The van der Waals surface area contributed by atoms with Crippen LogP contribution < -0.4 is 10.6 Å². The molecule has 0 saturated heterocycles. The van der Waals surface area contributed by atoms with Gasteiger partial charge in [0.15, 0.2) is 0 Å². The zero-order valence-corrected chi connectivity index (χ0v) is 21.7. The summed E-state index contributed by atoms with van der Waals surface area (Å²) in [7, 11) is 0. The quantitative estimate of drug-likeness (QED) is 0.369. The van der Waals surface area contributed by atoms with Crippen molar-refractivity contribution in [3.8, 4) is 0 Å². The molecule has 36 heavy (non-hydrogen) atoms. The summed E-state index contributed by atoms with van der Waals surface area (Å²) in [5, 5.41) is 15.9. The number of carbonyl (C=O) groups is 3. The Morgan fingerprint density at radius 2 is 1.75 bits per heavy atom. The topological polar surface area (TPSA) is 95.5 Å². The standard InChI is InChI=1S/C30H38N2O4/c1-21-13-16-26(19-23(21)3)20-27(30(36)31-18-17-24(4)33)32-29(35)12-8-11-28(34)22(2)14-15-25-9-6-5-7-10-25/h5-10,12-16,19,22,27-28,34H,11,17-18,20H2,1-4H3,(H,31,36)(H,32,35)/b12-8+,15-14+/t22-,27-,28+/m1/s1. The smallest absolute Gasteiger partial charge is 0.244 e. The minimum absolute atomic E-state index is 0.0145. The maximum atomic E-state index is 12.8. The summed E-state index contributed by atoms with van der Waals surface area (Å²) in [5.74, 6) is -0.858. The summed E-state index contributed by atoms with van der Waals surface area (Å²) in [6, 6.07) is 15.0. The lowest BCUT2D eigenvalue weighted by Gasteiger charge is -2.18. The van der Waals surface area contributed by atoms with Crippen molar-refractivity contribution in [1.29, 1.82) is 0 Å². The van der Waals surface area contributed by atoms with Crippen LogP contribution in [-0.4, -0.2) is 41.4 Å². The van der Waals surface area contributed by atoms with Crippen LogP contribution in [0.25, 0.3) is 6.08 Å². The summed E-state index contributed by atoms with van der Waals surface area (Å²) in [4.78, 5) is 36.6. The number of aliphatic hydroxyl groups is 1. The van der Waals surface area contributed by atoms with E-state index in [2.05, 4.69) is 10.6 Å². The van der Waals surface area contributed by atoms with Crippen molar-refractivity contribution in [2.24, 2.45) is 5.92 Å². The number of hydrogen-bond acceptors (Lipinski definition) is 4. The molecule has 6 nitrogen and oxygen atoms in total. The average Bonchev–Trinajstić information content (AvgIpc) is 2.84. The summed E-state index contributed by atoms with van der Waals surface area (Å²) < 4.78 is 0. The van der Waals surface area contributed by atoms with E-state index >= 15 is 0 Å². The first-order valence-electron chi connectivity index (χ1n) is 12.4. The van der Waals surface area contributed by atoms with Crippen molar-refractivity contribution < 1.29 is 19.5 Å². The van der Waals surface area contributed by atoms with E-state index in [1.165, 1.54) is 13.0 Å². The number of Topliss-reactive ketones (excluding diaryl/α,β-unsaturated/α-hetero) is 1. The van der Waals surface area contributed by atoms with E-state index in [0.29, 0.717) is 12.8 Å². The second kappa shape index (κ2) is 14.8. The number of hydrogen-bond donors (Lipinski definition) is 3. The molecule has 3 N–H and O–H groups in total.